The zero-order chi connectivity index (χ0) is 11.8. The van der Waals surface area contributed by atoms with Crippen LogP contribution >= 0.6 is 11.6 Å². The number of rotatable bonds is 2. The predicted octanol–water partition coefficient (Wildman–Crippen LogP) is 4.25. The molecule has 86 valence electrons. The minimum absolute atomic E-state index is 0.0760. The van der Waals surface area contributed by atoms with Crippen LogP contribution in [0.4, 0.5) is 13.2 Å². The summed E-state index contributed by atoms with van der Waals surface area (Å²) < 4.78 is 37.8. The molecule has 0 aliphatic rings. The molecule has 0 aliphatic carbocycles. The molecular formula is C11H9ClF3N. The molecule has 0 amide bonds. The first-order valence-electron chi connectivity index (χ1n) is 4.77. The molecule has 0 radical (unpaired) electrons. The van der Waals surface area contributed by atoms with Gasteiger partial charge in [-0.05, 0) is 18.2 Å². The second-order valence-electron chi connectivity index (χ2n) is 3.55. The summed E-state index contributed by atoms with van der Waals surface area (Å²) in [5.41, 5.74) is 0.733. The molecule has 0 N–H and O–H groups in total. The second kappa shape index (κ2) is 4.01. The van der Waals surface area contributed by atoms with Crippen molar-refractivity contribution in [3.8, 4) is 0 Å². The van der Waals surface area contributed by atoms with Crippen molar-refractivity contribution in [1.29, 1.82) is 0 Å². The van der Waals surface area contributed by atoms with Crippen LogP contribution in [0, 0.1) is 0 Å². The first kappa shape index (κ1) is 11.3. The van der Waals surface area contributed by atoms with Crippen LogP contribution in [0.5, 0.6) is 0 Å². The molecule has 0 fully saturated rings. The Morgan fingerprint density at radius 2 is 1.94 bits per heavy atom. The van der Waals surface area contributed by atoms with E-state index < -0.39 is 12.6 Å². The molecule has 1 aromatic carbocycles. The Kier molecular flexibility index (Phi) is 2.84. The van der Waals surface area contributed by atoms with Crippen LogP contribution in [0.1, 0.15) is 6.42 Å². The average molecular weight is 248 g/mol. The smallest absolute Gasteiger partial charge is 0.347 e. The lowest BCUT2D eigenvalue weighted by molar-refractivity contribution is -0.136. The van der Waals surface area contributed by atoms with E-state index in [2.05, 4.69) is 0 Å². The zero-order valence-corrected chi connectivity index (χ0v) is 9.02. The molecule has 1 aromatic heterocycles. The number of aryl methyl sites for hydroxylation is 1. The van der Waals surface area contributed by atoms with E-state index in [4.69, 9.17) is 11.6 Å². The maximum Gasteiger partial charge on any atom is 0.390 e. The molecule has 0 saturated heterocycles. The number of aromatic nitrogens is 1. The van der Waals surface area contributed by atoms with Crippen molar-refractivity contribution in [2.24, 2.45) is 0 Å². The first-order chi connectivity index (χ1) is 7.47. The number of halogens is 4. The number of nitrogens with zero attached hydrogens (tertiary/aromatic N) is 1. The third kappa shape index (κ3) is 2.32. The van der Waals surface area contributed by atoms with E-state index in [1.807, 2.05) is 0 Å². The molecule has 0 saturated carbocycles. The van der Waals surface area contributed by atoms with Gasteiger partial charge in [0.2, 0.25) is 0 Å². The Labute approximate surface area is 95.4 Å². The number of benzene rings is 1. The van der Waals surface area contributed by atoms with Gasteiger partial charge in [-0.1, -0.05) is 17.7 Å². The molecule has 0 aliphatic heterocycles. The second-order valence-corrected chi connectivity index (χ2v) is 3.95. The van der Waals surface area contributed by atoms with E-state index in [1.165, 1.54) is 0 Å². The molecule has 16 heavy (non-hydrogen) atoms. The average Bonchev–Trinajstić information content (AvgIpc) is 2.58. The van der Waals surface area contributed by atoms with Crippen molar-refractivity contribution in [1.82, 2.24) is 4.57 Å². The van der Waals surface area contributed by atoms with Crippen LogP contribution in [0.25, 0.3) is 10.9 Å². The molecule has 0 atom stereocenters. The summed E-state index contributed by atoms with van der Waals surface area (Å²) in [5, 5.41) is 1.34. The molecule has 1 heterocycles. The lowest BCUT2D eigenvalue weighted by Crippen LogP contribution is -2.11. The van der Waals surface area contributed by atoms with E-state index in [1.54, 1.807) is 35.0 Å². The summed E-state index contributed by atoms with van der Waals surface area (Å²) in [4.78, 5) is 0. The number of alkyl halides is 3. The fourth-order valence-corrected chi connectivity index (χ4v) is 1.86. The van der Waals surface area contributed by atoms with Gasteiger partial charge in [0.1, 0.15) is 0 Å². The molecule has 1 nitrogen and oxygen atoms in total. The van der Waals surface area contributed by atoms with Gasteiger partial charge in [-0.25, -0.2) is 0 Å². The van der Waals surface area contributed by atoms with E-state index in [9.17, 15) is 13.2 Å². The van der Waals surface area contributed by atoms with E-state index >= 15 is 0 Å². The van der Waals surface area contributed by atoms with Crippen molar-refractivity contribution < 1.29 is 13.2 Å². The largest absolute Gasteiger partial charge is 0.390 e. The lowest BCUT2D eigenvalue weighted by atomic mass is 10.2. The van der Waals surface area contributed by atoms with E-state index in [-0.39, 0.29) is 6.54 Å². The summed E-state index contributed by atoms with van der Waals surface area (Å²) in [6, 6.07) is 6.94. The van der Waals surface area contributed by atoms with Gasteiger partial charge < -0.3 is 4.57 Å². The summed E-state index contributed by atoms with van der Waals surface area (Å²) >= 11 is 5.92. The monoisotopic (exact) mass is 247 g/mol. The van der Waals surface area contributed by atoms with Crippen molar-refractivity contribution in [3.05, 3.63) is 35.5 Å². The Morgan fingerprint density at radius 1 is 1.19 bits per heavy atom. The van der Waals surface area contributed by atoms with Crippen LogP contribution in [0.15, 0.2) is 30.5 Å². The van der Waals surface area contributed by atoms with Gasteiger partial charge in [0.05, 0.1) is 6.42 Å². The van der Waals surface area contributed by atoms with Crippen LogP contribution in [-0.4, -0.2) is 10.7 Å². The molecule has 2 rings (SSSR count). The highest BCUT2D eigenvalue weighted by atomic mass is 35.5. The van der Waals surface area contributed by atoms with Gasteiger partial charge in [0.25, 0.3) is 0 Å². The summed E-state index contributed by atoms with van der Waals surface area (Å²) in [5.74, 6) is 0. The standard InChI is InChI=1S/C11H9ClF3N/c12-9-2-1-3-10-8(9)4-6-16(10)7-5-11(13,14)15/h1-4,6H,5,7H2. The fourth-order valence-electron chi connectivity index (χ4n) is 1.63. The Bertz CT molecular complexity index is 501. The van der Waals surface area contributed by atoms with Crippen molar-refractivity contribution in [2.75, 3.05) is 0 Å². The lowest BCUT2D eigenvalue weighted by Gasteiger charge is -2.08. The zero-order valence-electron chi connectivity index (χ0n) is 8.26. The van der Waals surface area contributed by atoms with E-state index in [0.717, 1.165) is 10.9 Å². The van der Waals surface area contributed by atoms with Crippen molar-refractivity contribution in [3.63, 3.8) is 0 Å². The third-order valence-corrected chi connectivity index (χ3v) is 2.73. The van der Waals surface area contributed by atoms with Crippen LogP contribution in [0.2, 0.25) is 5.02 Å². The van der Waals surface area contributed by atoms with Crippen LogP contribution in [0.3, 0.4) is 0 Å². The summed E-state index contributed by atoms with van der Waals surface area (Å²) in [6.45, 7) is -0.0760. The highest BCUT2D eigenvalue weighted by molar-refractivity contribution is 6.35. The summed E-state index contributed by atoms with van der Waals surface area (Å²) in [6.07, 6.45) is -3.33. The highest BCUT2D eigenvalue weighted by Gasteiger charge is 2.26. The quantitative estimate of drug-likeness (QED) is 0.748. The number of hydrogen-bond donors (Lipinski definition) is 0. The van der Waals surface area contributed by atoms with Crippen LogP contribution in [-0.2, 0) is 6.54 Å². The molecule has 0 unspecified atom stereocenters. The van der Waals surface area contributed by atoms with Gasteiger partial charge in [0, 0.05) is 28.7 Å². The van der Waals surface area contributed by atoms with Gasteiger partial charge in [-0.15, -0.1) is 0 Å². The van der Waals surface area contributed by atoms with Gasteiger partial charge >= 0.3 is 6.18 Å². The minimum Gasteiger partial charge on any atom is -0.347 e. The SMILES string of the molecule is FC(F)(F)CCn1ccc2c(Cl)cccc21. The molecule has 0 spiro atoms. The number of hydrogen-bond acceptors (Lipinski definition) is 0. The minimum atomic E-state index is -4.13. The number of fused-ring (bicyclic) bond motifs is 1. The Hall–Kier alpha value is -1.16. The van der Waals surface area contributed by atoms with E-state index in [0.29, 0.717) is 5.02 Å². The topological polar surface area (TPSA) is 4.93 Å². The van der Waals surface area contributed by atoms with Gasteiger partial charge in [-0.3, -0.25) is 0 Å². The van der Waals surface area contributed by atoms with Gasteiger partial charge in [0.15, 0.2) is 0 Å². The molecule has 5 heteroatoms. The maximum absolute atomic E-state index is 12.1. The predicted molar refractivity (Wildman–Crippen MR) is 57.6 cm³/mol. The molecule has 2 aromatic rings. The highest BCUT2D eigenvalue weighted by Crippen LogP contribution is 2.26. The van der Waals surface area contributed by atoms with Crippen LogP contribution < -0.4 is 0 Å². The third-order valence-electron chi connectivity index (χ3n) is 2.40. The summed E-state index contributed by atoms with van der Waals surface area (Å²) in [7, 11) is 0. The molecule has 0 bridgehead atoms. The van der Waals surface area contributed by atoms with Crippen molar-refractivity contribution >= 4 is 22.5 Å². The maximum atomic E-state index is 12.1. The molecular weight excluding hydrogens is 239 g/mol. The Morgan fingerprint density at radius 3 is 2.62 bits per heavy atom. The Balaban J connectivity index is 2.29. The normalized spacial score (nSPS) is 12.2. The van der Waals surface area contributed by atoms with Gasteiger partial charge in [-0.2, -0.15) is 13.2 Å². The van der Waals surface area contributed by atoms with Crippen molar-refractivity contribution in [2.45, 2.75) is 19.1 Å². The fraction of sp³-hybridized carbons (Fsp3) is 0.273. The first-order valence-corrected chi connectivity index (χ1v) is 5.15.